The van der Waals surface area contributed by atoms with Gasteiger partial charge in [-0.15, -0.1) is 0 Å². The van der Waals surface area contributed by atoms with Crippen LogP contribution in [0, 0.1) is 6.92 Å². The lowest BCUT2D eigenvalue weighted by molar-refractivity contribution is -0.143. The molecule has 0 aliphatic carbocycles. The SMILES string of the molecule is COc1cc(N(C(C)=O)c2ccc([C@@H](CC(=O)O)NC(=O)COCC(=O)O)cc2)ccc1NC(=O)Nc1ccccc1C. The van der Waals surface area contributed by atoms with Crippen LogP contribution in [-0.4, -0.2) is 60.3 Å². The number of ether oxygens (including phenoxy) is 2. The van der Waals surface area contributed by atoms with Crippen LogP contribution < -0.4 is 25.6 Å². The second-order valence-electron chi connectivity index (χ2n) is 9.33. The number of rotatable bonds is 13. The standard InChI is InChI=1S/C30H32N4O9/c1-18-6-4-5-7-23(18)32-30(41)33-24-13-12-22(14-26(24)42-3)34(19(2)35)21-10-8-20(9-11-21)25(15-28(37)38)31-27(36)16-43-17-29(39)40/h4-14,25H,15-17H2,1-3H3,(H,31,36)(H,37,38)(H,39,40)(H2,32,33,41)/t25-/m1/s1. The number of carboxylic acid groups (broad SMARTS) is 2. The molecule has 0 saturated carbocycles. The minimum atomic E-state index is -1.24. The maximum atomic E-state index is 12.7. The normalized spacial score (nSPS) is 11.1. The predicted molar refractivity (Wildman–Crippen MR) is 158 cm³/mol. The third-order valence-corrected chi connectivity index (χ3v) is 6.13. The maximum absolute atomic E-state index is 12.7. The number of urea groups is 1. The largest absolute Gasteiger partial charge is 0.494 e. The molecule has 3 aromatic rings. The summed E-state index contributed by atoms with van der Waals surface area (Å²) in [5.41, 5.74) is 3.24. The van der Waals surface area contributed by atoms with Crippen LogP contribution >= 0.6 is 0 Å². The highest BCUT2D eigenvalue weighted by Gasteiger charge is 2.21. The number of para-hydroxylation sites is 1. The molecule has 0 aliphatic heterocycles. The van der Waals surface area contributed by atoms with E-state index in [1.54, 1.807) is 48.5 Å². The van der Waals surface area contributed by atoms with Crippen molar-refractivity contribution in [2.75, 3.05) is 35.9 Å². The molecule has 13 nitrogen and oxygen atoms in total. The van der Waals surface area contributed by atoms with Crippen LogP contribution in [0.1, 0.15) is 30.5 Å². The number of nitrogens with zero attached hydrogens (tertiary/aromatic N) is 1. The molecular formula is C30H32N4O9. The van der Waals surface area contributed by atoms with Crippen molar-refractivity contribution in [3.8, 4) is 5.75 Å². The van der Waals surface area contributed by atoms with Crippen LogP contribution in [0.2, 0.25) is 0 Å². The van der Waals surface area contributed by atoms with Gasteiger partial charge in [-0.25, -0.2) is 9.59 Å². The van der Waals surface area contributed by atoms with Crippen LogP contribution in [0.4, 0.5) is 27.5 Å². The van der Waals surface area contributed by atoms with Crippen molar-refractivity contribution in [2.45, 2.75) is 26.3 Å². The highest BCUT2D eigenvalue weighted by Crippen LogP contribution is 2.34. The Hall–Kier alpha value is -5.43. The number of hydrogen-bond donors (Lipinski definition) is 5. The summed E-state index contributed by atoms with van der Waals surface area (Å²) in [4.78, 5) is 60.9. The van der Waals surface area contributed by atoms with Gasteiger partial charge in [-0.3, -0.25) is 19.3 Å². The van der Waals surface area contributed by atoms with E-state index in [2.05, 4.69) is 16.0 Å². The number of carbonyl (C=O) groups is 5. The van der Waals surface area contributed by atoms with Gasteiger partial charge in [-0.05, 0) is 48.4 Å². The molecule has 0 spiro atoms. The van der Waals surface area contributed by atoms with Gasteiger partial charge in [-0.1, -0.05) is 30.3 Å². The number of hydrogen-bond acceptors (Lipinski definition) is 7. The van der Waals surface area contributed by atoms with Crippen molar-refractivity contribution >= 4 is 52.5 Å². The third-order valence-electron chi connectivity index (χ3n) is 6.13. The van der Waals surface area contributed by atoms with Gasteiger partial charge in [-0.2, -0.15) is 0 Å². The van der Waals surface area contributed by atoms with Crippen molar-refractivity contribution in [1.29, 1.82) is 0 Å². The number of carbonyl (C=O) groups excluding carboxylic acids is 3. The van der Waals surface area contributed by atoms with E-state index in [1.807, 2.05) is 25.1 Å². The average molecular weight is 593 g/mol. The van der Waals surface area contributed by atoms with Crippen LogP contribution in [0.3, 0.4) is 0 Å². The lowest BCUT2D eigenvalue weighted by atomic mass is 10.0. The lowest BCUT2D eigenvalue weighted by Crippen LogP contribution is -2.33. The number of amides is 4. The number of carboxylic acids is 2. The van der Waals surface area contributed by atoms with Crippen molar-refractivity contribution in [3.05, 3.63) is 77.9 Å². The Morgan fingerprint density at radius 3 is 2.09 bits per heavy atom. The summed E-state index contributed by atoms with van der Waals surface area (Å²) in [5, 5.41) is 26.0. The van der Waals surface area contributed by atoms with E-state index in [-0.39, 0.29) is 5.91 Å². The van der Waals surface area contributed by atoms with Crippen LogP contribution in [0.15, 0.2) is 66.7 Å². The minimum absolute atomic E-state index is 0.301. The van der Waals surface area contributed by atoms with E-state index in [0.29, 0.717) is 34.1 Å². The Kier molecular flexibility index (Phi) is 11.2. The molecule has 5 N–H and O–H groups in total. The molecule has 0 aliphatic rings. The molecule has 226 valence electrons. The zero-order chi connectivity index (χ0) is 31.5. The van der Waals surface area contributed by atoms with Gasteiger partial charge in [0.15, 0.2) is 0 Å². The molecule has 0 heterocycles. The van der Waals surface area contributed by atoms with Gasteiger partial charge in [0.25, 0.3) is 0 Å². The quantitative estimate of drug-likeness (QED) is 0.195. The Morgan fingerprint density at radius 2 is 1.49 bits per heavy atom. The Bertz CT molecular complexity index is 1490. The zero-order valence-electron chi connectivity index (χ0n) is 23.7. The monoisotopic (exact) mass is 592 g/mol. The molecule has 4 amide bonds. The first-order chi connectivity index (χ1) is 20.5. The van der Waals surface area contributed by atoms with E-state index < -0.39 is 49.6 Å². The lowest BCUT2D eigenvalue weighted by Gasteiger charge is -2.24. The van der Waals surface area contributed by atoms with Crippen molar-refractivity contribution in [2.24, 2.45) is 0 Å². The van der Waals surface area contributed by atoms with E-state index in [0.717, 1.165) is 5.56 Å². The average Bonchev–Trinajstić information content (AvgIpc) is 2.94. The second-order valence-corrected chi connectivity index (χ2v) is 9.33. The molecule has 13 heteroatoms. The van der Waals surface area contributed by atoms with Gasteiger partial charge in [0.05, 0.1) is 30.9 Å². The number of aliphatic carboxylic acids is 2. The highest BCUT2D eigenvalue weighted by molar-refractivity contribution is 6.03. The molecule has 0 fully saturated rings. The molecule has 43 heavy (non-hydrogen) atoms. The summed E-state index contributed by atoms with van der Waals surface area (Å²) >= 11 is 0. The van der Waals surface area contributed by atoms with Crippen LogP contribution in [-0.2, 0) is 23.9 Å². The van der Waals surface area contributed by atoms with Crippen LogP contribution in [0.5, 0.6) is 5.75 Å². The Labute approximate surface area is 247 Å². The molecule has 0 unspecified atom stereocenters. The van der Waals surface area contributed by atoms with Crippen molar-refractivity contribution in [3.63, 3.8) is 0 Å². The molecule has 1 atom stereocenters. The number of methoxy groups -OCH3 is 1. The van der Waals surface area contributed by atoms with Crippen molar-refractivity contribution in [1.82, 2.24) is 5.32 Å². The Morgan fingerprint density at radius 1 is 0.837 bits per heavy atom. The Balaban J connectivity index is 1.79. The summed E-state index contributed by atoms with van der Waals surface area (Å²) < 4.78 is 10.2. The van der Waals surface area contributed by atoms with Crippen LogP contribution in [0.25, 0.3) is 0 Å². The second kappa shape index (κ2) is 15.0. The van der Waals surface area contributed by atoms with Gasteiger partial charge in [0, 0.05) is 24.4 Å². The molecule has 0 saturated heterocycles. The molecular weight excluding hydrogens is 560 g/mol. The first-order valence-electron chi connectivity index (χ1n) is 13.0. The molecule has 0 bridgehead atoms. The summed E-state index contributed by atoms with van der Waals surface area (Å²) in [6.45, 7) is 2.01. The zero-order valence-corrected chi connectivity index (χ0v) is 23.7. The molecule has 0 radical (unpaired) electrons. The molecule has 3 aromatic carbocycles. The first-order valence-corrected chi connectivity index (χ1v) is 13.0. The fourth-order valence-electron chi connectivity index (χ4n) is 4.17. The van der Waals surface area contributed by atoms with E-state index in [1.165, 1.54) is 18.9 Å². The van der Waals surface area contributed by atoms with Gasteiger partial charge < -0.3 is 35.6 Å². The van der Waals surface area contributed by atoms with Crippen molar-refractivity contribution < 1.29 is 43.7 Å². The highest BCUT2D eigenvalue weighted by atomic mass is 16.5. The summed E-state index contributed by atoms with van der Waals surface area (Å²) in [6.07, 6.45) is -0.441. The molecule has 0 aromatic heterocycles. The number of anilines is 4. The van der Waals surface area contributed by atoms with E-state index in [4.69, 9.17) is 14.6 Å². The third kappa shape index (κ3) is 9.30. The van der Waals surface area contributed by atoms with Gasteiger partial charge in [0.2, 0.25) is 11.8 Å². The van der Waals surface area contributed by atoms with Gasteiger partial charge in [0.1, 0.15) is 19.0 Å². The number of benzene rings is 3. The van der Waals surface area contributed by atoms with E-state index in [9.17, 15) is 29.1 Å². The topological polar surface area (TPSA) is 184 Å². The smallest absolute Gasteiger partial charge is 0.329 e. The molecule has 3 rings (SSSR count). The maximum Gasteiger partial charge on any atom is 0.329 e. The predicted octanol–water partition coefficient (Wildman–Crippen LogP) is 4.07. The number of aryl methyl sites for hydroxylation is 1. The van der Waals surface area contributed by atoms with E-state index >= 15 is 0 Å². The summed E-state index contributed by atoms with van der Waals surface area (Å²) in [5.74, 6) is -3.13. The fraction of sp³-hybridized carbons (Fsp3) is 0.233. The summed E-state index contributed by atoms with van der Waals surface area (Å²) in [6, 6.07) is 17.0. The minimum Gasteiger partial charge on any atom is -0.494 e. The fourth-order valence-corrected chi connectivity index (χ4v) is 4.17. The number of nitrogens with one attached hydrogen (secondary N) is 3. The first kappa shape index (κ1) is 32.1. The van der Waals surface area contributed by atoms with Gasteiger partial charge >= 0.3 is 18.0 Å². The summed E-state index contributed by atoms with van der Waals surface area (Å²) in [7, 11) is 1.43.